The second kappa shape index (κ2) is 5.87. The van der Waals surface area contributed by atoms with Crippen LogP contribution in [0.3, 0.4) is 0 Å². The minimum atomic E-state index is -1.40. The molecule has 0 atom stereocenters. The lowest BCUT2D eigenvalue weighted by atomic mass is 10.0. The Labute approximate surface area is 126 Å². The predicted octanol–water partition coefficient (Wildman–Crippen LogP) is 4.03. The Hall–Kier alpha value is -1.49. The van der Waals surface area contributed by atoms with Crippen molar-refractivity contribution in [3.8, 4) is 18.4 Å². The molecule has 2 rings (SSSR count). The second-order valence-corrected chi connectivity index (χ2v) is 12.0. The monoisotopic (exact) mass is 300 g/mol. The van der Waals surface area contributed by atoms with Gasteiger partial charge in [-0.2, -0.15) is 5.26 Å². The van der Waals surface area contributed by atoms with Gasteiger partial charge in [-0.3, -0.25) is 0 Å². The molecule has 0 aliphatic carbocycles. The summed E-state index contributed by atoms with van der Waals surface area (Å²) >= 11 is 1.66. The molecule has 0 radical (unpaired) electrons. The molecule has 0 N–H and O–H groups in total. The minimum absolute atomic E-state index is 0.796. The summed E-state index contributed by atoms with van der Waals surface area (Å²) in [5, 5.41) is 13.5. The van der Waals surface area contributed by atoms with Crippen molar-refractivity contribution in [1.29, 1.82) is 5.26 Å². The highest BCUT2D eigenvalue weighted by molar-refractivity contribution is 7.14. The molecule has 1 fully saturated rings. The fourth-order valence-corrected chi connectivity index (χ4v) is 5.36. The Kier molecular flexibility index (Phi) is 4.38. The maximum atomic E-state index is 9.12. The summed E-state index contributed by atoms with van der Waals surface area (Å²) in [7, 11) is -1.40. The van der Waals surface area contributed by atoms with Crippen molar-refractivity contribution >= 4 is 24.4 Å². The molecule has 1 aromatic rings. The standard InChI is InChI=1S/C16H20N2SSi/c1-5-15(20(2,3)4)13-6-9-18(10-7-13)16-14(12-17)8-11-19-16/h1,8,11H,6-7,9-10H2,2-4H3. The van der Waals surface area contributed by atoms with Gasteiger partial charge in [-0.05, 0) is 29.5 Å². The first kappa shape index (κ1) is 14.9. The van der Waals surface area contributed by atoms with Crippen molar-refractivity contribution in [1.82, 2.24) is 0 Å². The predicted molar refractivity (Wildman–Crippen MR) is 89.7 cm³/mol. The van der Waals surface area contributed by atoms with Crippen LogP contribution < -0.4 is 4.90 Å². The van der Waals surface area contributed by atoms with Crippen LogP contribution in [0.2, 0.25) is 19.6 Å². The SMILES string of the molecule is C#CC(=C1CCN(c2sccc2C#N)CC1)[Si](C)(C)C. The van der Waals surface area contributed by atoms with Crippen molar-refractivity contribution in [2.24, 2.45) is 0 Å². The van der Waals surface area contributed by atoms with Crippen LogP contribution in [0.5, 0.6) is 0 Å². The smallest absolute Gasteiger partial charge is 0.109 e. The van der Waals surface area contributed by atoms with Gasteiger partial charge in [0.2, 0.25) is 0 Å². The molecule has 0 aromatic carbocycles. The van der Waals surface area contributed by atoms with Crippen molar-refractivity contribution in [3.63, 3.8) is 0 Å². The van der Waals surface area contributed by atoms with E-state index >= 15 is 0 Å². The third-order valence-corrected chi connectivity index (χ3v) is 6.64. The van der Waals surface area contributed by atoms with Crippen LogP contribution in [-0.4, -0.2) is 21.2 Å². The summed E-state index contributed by atoms with van der Waals surface area (Å²) in [5.74, 6) is 2.96. The molecule has 1 aromatic heterocycles. The van der Waals surface area contributed by atoms with Gasteiger partial charge in [0.05, 0.1) is 13.6 Å². The van der Waals surface area contributed by atoms with Gasteiger partial charge in [-0.1, -0.05) is 31.1 Å². The lowest BCUT2D eigenvalue weighted by Gasteiger charge is -2.32. The lowest BCUT2D eigenvalue weighted by molar-refractivity contribution is 0.687. The first-order valence-corrected chi connectivity index (χ1v) is 11.3. The quantitative estimate of drug-likeness (QED) is 0.609. The largest absolute Gasteiger partial charge is 0.362 e. The number of hydrogen-bond acceptors (Lipinski definition) is 3. The number of rotatable bonds is 2. The highest BCUT2D eigenvalue weighted by Gasteiger charge is 2.25. The van der Waals surface area contributed by atoms with E-state index in [0.29, 0.717) is 0 Å². The van der Waals surface area contributed by atoms with Crippen LogP contribution in [-0.2, 0) is 0 Å². The molecule has 2 heterocycles. The van der Waals surface area contributed by atoms with Crippen LogP contribution in [0, 0.1) is 23.7 Å². The van der Waals surface area contributed by atoms with Crippen LogP contribution in [0.1, 0.15) is 18.4 Å². The van der Waals surface area contributed by atoms with Gasteiger partial charge >= 0.3 is 0 Å². The molecule has 1 saturated heterocycles. The van der Waals surface area contributed by atoms with Gasteiger partial charge in [0, 0.05) is 13.1 Å². The fraction of sp³-hybridized carbons (Fsp3) is 0.438. The van der Waals surface area contributed by atoms with E-state index in [1.807, 2.05) is 11.4 Å². The van der Waals surface area contributed by atoms with Gasteiger partial charge in [0.1, 0.15) is 11.1 Å². The summed E-state index contributed by atoms with van der Waals surface area (Å²) in [4.78, 5) is 2.32. The Morgan fingerprint density at radius 2 is 2.00 bits per heavy atom. The third kappa shape index (κ3) is 2.98. The minimum Gasteiger partial charge on any atom is -0.362 e. The van der Waals surface area contributed by atoms with E-state index < -0.39 is 8.07 Å². The molecule has 0 bridgehead atoms. The van der Waals surface area contributed by atoms with Gasteiger partial charge in [0.15, 0.2) is 0 Å². The van der Waals surface area contributed by atoms with E-state index in [2.05, 4.69) is 36.5 Å². The van der Waals surface area contributed by atoms with Crippen LogP contribution in [0.4, 0.5) is 5.00 Å². The van der Waals surface area contributed by atoms with Gasteiger partial charge < -0.3 is 4.90 Å². The number of thiophene rings is 1. The molecular weight excluding hydrogens is 280 g/mol. The Bertz CT molecular complexity index is 598. The van der Waals surface area contributed by atoms with Crippen molar-refractivity contribution in [2.75, 3.05) is 18.0 Å². The van der Waals surface area contributed by atoms with Crippen molar-refractivity contribution in [2.45, 2.75) is 32.5 Å². The molecule has 0 unspecified atom stereocenters. The van der Waals surface area contributed by atoms with Gasteiger partial charge in [0.25, 0.3) is 0 Å². The molecule has 20 heavy (non-hydrogen) atoms. The van der Waals surface area contributed by atoms with Crippen molar-refractivity contribution < 1.29 is 0 Å². The molecule has 2 nitrogen and oxygen atoms in total. The topological polar surface area (TPSA) is 27.0 Å². The van der Waals surface area contributed by atoms with Gasteiger partial charge in [-0.15, -0.1) is 17.8 Å². The molecule has 1 aliphatic rings. The second-order valence-electron chi connectivity index (χ2n) is 6.11. The zero-order valence-electron chi connectivity index (χ0n) is 12.4. The van der Waals surface area contributed by atoms with Crippen LogP contribution in [0.15, 0.2) is 22.2 Å². The zero-order valence-corrected chi connectivity index (χ0v) is 14.2. The summed E-state index contributed by atoms with van der Waals surface area (Å²) in [6.07, 6.45) is 7.81. The number of allylic oxidation sites excluding steroid dienone is 1. The maximum Gasteiger partial charge on any atom is 0.109 e. The average molecular weight is 301 g/mol. The van der Waals surface area contributed by atoms with E-state index in [4.69, 9.17) is 11.7 Å². The Balaban J connectivity index is 2.16. The van der Waals surface area contributed by atoms with E-state index in [-0.39, 0.29) is 0 Å². The Morgan fingerprint density at radius 3 is 2.50 bits per heavy atom. The summed E-state index contributed by atoms with van der Waals surface area (Å²) in [5.41, 5.74) is 2.27. The van der Waals surface area contributed by atoms with Gasteiger partial charge in [-0.25, -0.2) is 0 Å². The maximum absolute atomic E-state index is 9.12. The third-order valence-electron chi connectivity index (χ3n) is 3.67. The normalized spacial score (nSPS) is 15.7. The first-order chi connectivity index (χ1) is 9.47. The van der Waals surface area contributed by atoms with E-state index in [1.54, 1.807) is 11.3 Å². The first-order valence-electron chi connectivity index (χ1n) is 6.89. The highest BCUT2D eigenvalue weighted by Crippen LogP contribution is 2.32. The number of anilines is 1. The number of piperidine rings is 1. The highest BCUT2D eigenvalue weighted by atomic mass is 32.1. The number of hydrogen-bond donors (Lipinski definition) is 0. The lowest BCUT2D eigenvalue weighted by Crippen LogP contribution is -2.33. The number of nitriles is 1. The molecule has 0 saturated carbocycles. The van der Waals surface area contributed by atoms with Crippen LogP contribution >= 0.6 is 11.3 Å². The Morgan fingerprint density at radius 1 is 1.35 bits per heavy atom. The molecule has 0 spiro atoms. The van der Waals surface area contributed by atoms with E-state index in [0.717, 1.165) is 36.5 Å². The number of terminal acetylenes is 1. The van der Waals surface area contributed by atoms with Crippen molar-refractivity contribution in [3.05, 3.63) is 27.8 Å². The fourth-order valence-electron chi connectivity index (χ4n) is 2.71. The van der Waals surface area contributed by atoms with Crippen LogP contribution in [0.25, 0.3) is 0 Å². The summed E-state index contributed by atoms with van der Waals surface area (Å²) in [6.45, 7) is 8.89. The average Bonchev–Trinajstić information content (AvgIpc) is 2.87. The van der Waals surface area contributed by atoms with E-state index in [1.165, 1.54) is 10.8 Å². The van der Waals surface area contributed by atoms with E-state index in [9.17, 15) is 0 Å². The molecule has 1 aliphatic heterocycles. The molecule has 0 amide bonds. The summed E-state index contributed by atoms with van der Waals surface area (Å²) < 4.78 is 0. The molecule has 104 valence electrons. The summed E-state index contributed by atoms with van der Waals surface area (Å²) in [6, 6.07) is 4.18. The molecule has 4 heteroatoms. The molecular formula is C16H20N2SSi. The number of nitrogens with zero attached hydrogens (tertiary/aromatic N) is 2. The zero-order chi connectivity index (χ0) is 14.8.